The lowest BCUT2D eigenvalue weighted by molar-refractivity contribution is -0.118. The van der Waals surface area contributed by atoms with Crippen molar-refractivity contribution in [1.82, 2.24) is 15.0 Å². The lowest BCUT2D eigenvalue weighted by Gasteiger charge is -2.26. The summed E-state index contributed by atoms with van der Waals surface area (Å²) in [5.74, 6) is 1.48. The van der Waals surface area contributed by atoms with Gasteiger partial charge in [0.1, 0.15) is 0 Å². The second-order valence-corrected chi connectivity index (χ2v) is 5.08. The van der Waals surface area contributed by atoms with Crippen molar-refractivity contribution in [2.45, 2.75) is 32.1 Å². The number of hydrogen-bond donors (Lipinski definition) is 3. The molecule has 1 aromatic heterocycles. The van der Waals surface area contributed by atoms with Crippen LogP contribution in [0.4, 0.5) is 17.8 Å². The average Bonchev–Trinajstić information content (AvgIpc) is 2.52. The molecule has 1 aliphatic rings. The van der Waals surface area contributed by atoms with Crippen LogP contribution in [-0.2, 0) is 4.79 Å². The molecular formula is C13H23N7O. The molecule has 0 radical (unpaired) electrons. The first-order valence-electron chi connectivity index (χ1n) is 7.40. The fourth-order valence-electron chi connectivity index (χ4n) is 2.25. The number of amides is 1. The normalized spacial score (nSPS) is 14.8. The van der Waals surface area contributed by atoms with Gasteiger partial charge in [-0.1, -0.05) is 0 Å². The Balaban J connectivity index is 2.00. The van der Waals surface area contributed by atoms with E-state index in [2.05, 4.69) is 30.5 Å². The topological polar surface area (TPSA) is 109 Å². The predicted molar refractivity (Wildman–Crippen MR) is 82.4 cm³/mol. The van der Waals surface area contributed by atoms with Crippen LogP contribution in [0.3, 0.4) is 0 Å². The molecule has 2 rings (SSSR count). The van der Waals surface area contributed by atoms with Gasteiger partial charge in [0.25, 0.3) is 0 Å². The maximum absolute atomic E-state index is 10.7. The molecule has 8 nitrogen and oxygen atoms in total. The molecular weight excluding hydrogens is 270 g/mol. The highest BCUT2D eigenvalue weighted by Crippen LogP contribution is 2.18. The molecule has 0 aliphatic carbocycles. The molecule has 1 fully saturated rings. The van der Waals surface area contributed by atoms with E-state index in [4.69, 9.17) is 5.73 Å². The summed E-state index contributed by atoms with van der Waals surface area (Å²) in [5, 5.41) is 6.07. The van der Waals surface area contributed by atoms with Gasteiger partial charge in [-0.25, -0.2) is 0 Å². The Kier molecular flexibility index (Phi) is 5.53. The third-order valence-corrected chi connectivity index (χ3v) is 3.37. The molecule has 0 spiro atoms. The van der Waals surface area contributed by atoms with Crippen LogP contribution in [0, 0.1) is 0 Å². The second kappa shape index (κ2) is 7.61. The summed E-state index contributed by atoms with van der Waals surface area (Å²) in [4.78, 5) is 26.0. The van der Waals surface area contributed by atoms with Crippen LogP contribution in [0.5, 0.6) is 0 Å². The molecule has 0 aromatic carbocycles. The van der Waals surface area contributed by atoms with Gasteiger partial charge in [-0.2, -0.15) is 15.0 Å². The highest BCUT2D eigenvalue weighted by molar-refractivity contribution is 5.73. The third-order valence-electron chi connectivity index (χ3n) is 3.37. The molecule has 116 valence electrons. The van der Waals surface area contributed by atoms with Gasteiger partial charge in [0.05, 0.1) is 0 Å². The van der Waals surface area contributed by atoms with Crippen molar-refractivity contribution in [2.75, 3.05) is 42.2 Å². The summed E-state index contributed by atoms with van der Waals surface area (Å²) in [6.07, 6.45) is 4.62. The number of hydrogen-bond acceptors (Lipinski definition) is 7. The summed E-state index contributed by atoms with van der Waals surface area (Å²) in [6.45, 7) is 2.57. The number of piperidine rings is 1. The van der Waals surface area contributed by atoms with E-state index in [9.17, 15) is 4.79 Å². The molecule has 21 heavy (non-hydrogen) atoms. The zero-order valence-corrected chi connectivity index (χ0v) is 12.4. The summed E-state index contributed by atoms with van der Waals surface area (Å²) < 4.78 is 0. The number of anilines is 3. The quantitative estimate of drug-likeness (QED) is 0.631. The Bertz CT molecular complexity index is 474. The highest BCUT2D eigenvalue weighted by Gasteiger charge is 2.15. The maximum Gasteiger partial charge on any atom is 0.231 e. The van der Waals surface area contributed by atoms with Crippen LogP contribution in [0.25, 0.3) is 0 Å². The number of primary amides is 1. The first kappa shape index (κ1) is 15.3. The number of rotatable bonds is 7. The van der Waals surface area contributed by atoms with E-state index in [-0.39, 0.29) is 5.91 Å². The minimum absolute atomic E-state index is 0.294. The van der Waals surface area contributed by atoms with Crippen molar-refractivity contribution < 1.29 is 4.79 Å². The molecule has 1 amide bonds. The highest BCUT2D eigenvalue weighted by atomic mass is 16.1. The second-order valence-electron chi connectivity index (χ2n) is 5.08. The van der Waals surface area contributed by atoms with Gasteiger partial charge < -0.3 is 21.3 Å². The molecule has 2 heterocycles. The van der Waals surface area contributed by atoms with Crippen molar-refractivity contribution >= 4 is 23.8 Å². The zero-order valence-electron chi connectivity index (χ0n) is 12.4. The van der Waals surface area contributed by atoms with Gasteiger partial charge in [-0.3, -0.25) is 4.79 Å². The first-order valence-corrected chi connectivity index (χ1v) is 7.40. The molecule has 0 atom stereocenters. The minimum Gasteiger partial charge on any atom is -0.370 e. The Morgan fingerprint density at radius 1 is 1.19 bits per heavy atom. The van der Waals surface area contributed by atoms with Gasteiger partial charge in [-0.15, -0.1) is 0 Å². The monoisotopic (exact) mass is 293 g/mol. The van der Waals surface area contributed by atoms with Crippen molar-refractivity contribution in [3.8, 4) is 0 Å². The minimum atomic E-state index is -0.294. The standard InChI is InChI=1S/C13H23N7O/c1-15-11-17-12(16-7-5-6-10(14)21)19-13(18-11)20-8-3-2-4-9-20/h2-9H2,1H3,(H2,14,21)(H2,15,16,17,18,19). The number of nitrogens with two attached hydrogens (primary N) is 1. The van der Waals surface area contributed by atoms with E-state index >= 15 is 0 Å². The van der Waals surface area contributed by atoms with E-state index in [1.54, 1.807) is 7.05 Å². The number of aromatic nitrogens is 3. The van der Waals surface area contributed by atoms with Crippen LogP contribution >= 0.6 is 0 Å². The smallest absolute Gasteiger partial charge is 0.231 e. The molecule has 8 heteroatoms. The number of nitrogens with one attached hydrogen (secondary N) is 2. The van der Waals surface area contributed by atoms with E-state index in [0.29, 0.717) is 37.2 Å². The number of nitrogens with zero attached hydrogens (tertiary/aromatic N) is 4. The van der Waals surface area contributed by atoms with Gasteiger partial charge >= 0.3 is 0 Å². The molecule has 4 N–H and O–H groups in total. The molecule has 1 aliphatic heterocycles. The summed E-state index contributed by atoms with van der Waals surface area (Å²) in [7, 11) is 1.78. The lowest BCUT2D eigenvalue weighted by Crippen LogP contribution is -2.31. The summed E-state index contributed by atoms with van der Waals surface area (Å²) in [6, 6.07) is 0. The van der Waals surface area contributed by atoms with E-state index < -0.39 is 0 Å². The van der Waals surface area contributed by atoms with Crippen LogP contribution < -0.4 is 21.3 Å². The van der Waals surface area contributed by atoms with Crippen LogP contribution in [0.15, 0.2) is 0 Å². The Labute approximate surface area is 124 Å². The SMILES string of the molecule is CNc1nc(NCCCC(N)=O)nc(N2CCCCC2)n1. The lowest BCUT2D eigenvalue weighted by atomic mass is 10.1. The van der Waals surface area contributed by atoms with Crippen molar-refractivity contribution in [1.29, 1.82) is 0 Å². The Hall–Kier alpha value is -2.12. The summed E-state index contributed by atoms with van der Waals surface area (Å²) >= 11 is 0. The van der Waals surface area contributed by atoms with Gasteiger partial charge in [0.15, 0.2) is 0 Å². The summed E-state index contributed by atoms with van der Waals surface area (Å²) in [5.41, 5.74) is 5.11. The van der Waals surface area contributed by atoms with Crippen molar-refractivity contribution in [2.24, 2.45) is 5.73 Å². The number of carbonyl (C=O) groups excluding carboxylic acids is 1. The van der Waals surface area contributed by atoms with E-state index in [1.165, 1.54) is 19.3 Å². The van der Waals surface area contributed by atoms with Crippen molar-refractivity contribution in [3.63, 3.8) is 0 Å². The van der Waals surface area contributed by atoms with Crippen molar-refractivity contribution in [3.05, 3.63) is 0 Å². The zero-order chi connectivity index (χ0) is 15.1. The molecule has 0 unspecified atom stereocenters. The van der Waals surface area contributed by atoms with Gasteiger partial charge in [-0.05, 0) is 25.7 Å². The third kappa shape index (κ3) is 4.73. The van der Waals surface area contributed by atoms with Gasteiger partial charge in [0.2, 0.25) is 23.8 Å². The predicted octanol–water partition coefficient (Wildman–Crippen LogP) is 0.581. The average molecular weight is 293 g/mol. The fraction of sp³-hybridized carbons (Fsp3) is 0.692. The maximum atomic E-state index is 10.7. The molecule has 1 aromatic rings. The largest absolute Gasteiger partial charge is 0.370 e. The molecule has 0 saturated carbocycles. The van der Waals surface area contributed by atoms with Gasteiger partial charge in [0, 0.05) is 33.1 Å². The first-order chi connectivity index (χ1) is 10.2. The van der Waals surface area contributed by atoms with Crippen LogP contribution in [0.1, 0.15) is 32.1 Å². The van der Waals surface area contributed by atoms with E-state index in [0.717, 1.165) is 13.1 Å². The molecule has 0 bridgehead atoms. The Morgan fingerprint density at radius 2 is 1.90 bits per heavy atom. The molecule has 1 saturated heterocycles. The number of carbonyl (C=O) groups is 1. The Morgan fingerprint density at radius 3 is 2.57 bits per heavy atom. The van der Waals surface area contributed by atoms with E-state index in [1.807, 2.05) is 0 Å². The fourth-order valence-corrected chi connectivity index (χ4v) is 2.25. The van der Waals surface area contributed by atoms with Crippen LogP contribution in [0.2, 0.25) is 0 Å². The van der Waals surface area contributed by atoms with Crippen LogP contribution in [-0.4, -0.2) is 47.5 Å².